The molecule has 0 aliphatic carbocycles. The molecule has 0 saturated carbocycles. The first kappa shape index (κ1) is 20.9. The third kappa shape index (κ3) is 6.32. The molecule has 6 heteroatoms. The zero-order valence-electron chi connectivity index (χ0n) is 17.1. The van der Waals surface area contributed by atoms with Gasteiger partial charge in [0.2, 0.25) is 11.8 Å². The first-order chi connectivity index (χ1) is 14.0. The second kappa shape index (κ2) is 10.1. The predicted octanol–water partition coefficient (Wildman–Crippen LogP) is 2.77. The van der Waals surface area contributed by atoms with Crippen LogP contribution < -0.4 is 15.4 Å². The summed E-state index contributed by atoms with van der Waals surface area (Å²) in [6.45, 7) is 3.95. The van der Waals surface area contributed by atoms with Crippen LogP contribution in [0, 0.1) is 6.92 Å². The van der Waals surface area contributed by atoms with Crippen molar-refractivity contribution >= 4 is 17.5 Å². The van der Waals surface area contributed by atoms with Crippen LogP contribution in [0.2, 0.25) is 0 Å². The summed E-state index contributed by atoms with van der Waals surface area (Å²) in [5.74, 6) is 0.820. The molecule has 1 saturated heterocycles. The molecule has 1 fully saturated rings. The lowest BCUT2D eigenvalue weighted by Gasteiger charge is -2.31. The molecular weight excluding hydrogens is 366 g/mol. The van der Waals surface area contributed by atoms with Crippen LogP contribution in [0.1, 0.15) is 24.0 Å². The van der Waals surface area contributed by atoms with Gasteiger partial charge in [-0.3, -0.25) is 14.5 Å². The number of carbonyl (C=O) groups is 2. The van der Waals surface area contributed by atoms with Gasteiger partial charge in [0.15, 0.2) is 0 Å². The van der Waals surface area contributed by atoms with Gasteiger partial charge in [0, 0.05) is 24.8 Å². The van der Waals surface area contributed by atoms with Crippen LogP contribution in [-0.4, -0.2) is 49.5 Å². The van der Waals surface area contributed by atoms with Crippen LogP contribution >= 0.6 is 0 Å². The van der Waals surface area contributed by atoms with Gasteiger partial charge in [-0.25, -0.2) is 0 Å². The van der Waals surface area contributed by atoms with E-state index in [9.17, 15) is 9.59 Å². The number of aryl methyl sites for hydroxylation is 1. The minimum Gasteiger partial charge on any atom is -0.496 e. The number of nitrogens with zero attached hydrogens (tertiary/aromatic N) is 1. The van der Waals surface area contributed by atoms with Crippen molar-refractivity contribution < 1.29 is 14.3 Å². The number of methoxy groups -OCH3 is 1. The van der Waals surface area contributed by atoms with Crippen LogP contribution in [0.15, 0.2) is 48.5 Å². The summed E-state index contributed by atoms with van der Waals surface area (Å²) >= 11 is 0. The number of rotatable bonds is 7. The summed E-state index contributed by atoms with van der Waals surface area (Å²) in [5, 5.41) is 6.04. The quantitative estimate of drug-likeness (QED) is 0.756. The zero-order chi connectivity index (χ0) is 20.6. The van der Waals surface area contributed by atoms with E-state index < -0.39 is 0 Å². The second-order valence-corrected chi connectivity index (χ2v) is 7.51. The molecule has 1 heterocycles. The fourth-order valence-corrected chi connectivity index (χ4v) is 3.60. The van der Waals surface area contributed by atoms with E-state index in [2.05, 4.69) is 15.5 Å². The van der Waals surface area contributed by atoms with Crippen molar-refractivity contribution in [2.45, 2.75) is 32.2 Å². The van der Waals surface area contributed by atoms with E-state index in [4.69, 9.17) is 4.74 Å². The summed E-state index contributed by atoms with van der Waals surface area (Å²) in [7, 11) is 1.64. The summed E-state index contributed by atoms with van der Waals surface area (Å²) in [5.41, 5.74) is 2.81. The smallest absolute Gasteiger partial charge is 0.238 e. The van der Waals surface area contributed by atoms with Gasteiger partial charge in [-0.05, 0) is 49.1 Å². The normalized spacial score (nSPS) is 15.0. The SMILES string of the molecule is COc1cc(CC(=O)NC2CCN(CC(=O)Nc3ccccc3)CC2)ccc1C. The van der Waals surface area contributed by atoms with E-state index in [0.717, 1.165) is 48.5 Å². The Morgan fingerprint density at radius 1 is 1.07 bits per heavy atom. The maximum Gasteiger partial charge on any atom is 0.238 e. The summed E-state index contributed by atoms with van der Waals surface area (Å²) in [6, 6.07) is 15.5. The van der Waals surface area contributed by atoms with E-state index >= 15 is 0 Å². The molecule has 2 aromatic rings. The third-order valence-corrected chi connectivity index (χ3v) is 5.21. The lowest BCUT2D eigenvalue weighted by Crippen LogP contribution is -2.46. The molecular formula is C23H29N3O3. The van der Waals surface area contributed by atoms with Crippen LogP contribution in [0.5, 0.6) is 5.75 Å². The standard InChI is InChI=1S/C23H29N3O3/c1-17-8-9-18(14-21(17)29-2)15-22(27)24-20-10-12-26(13-11-20)16-23(28)25-19-6-4-3-5-7-19/h3-9,14,20H,10-13,15-16H2,1-2H3,(H,24,27)(H,25,28). The Labute approximate surface area is 172 Å². The maximum absolute atomic E-state index is 12.4. The fraction of sp³-hybridized carbons (Fsp3) is 0.391. The molecule has 0 radical (unpaired) electrons. The topological polar surface area (TPSA) is 70.7 Å². The molecule has 0 unspecified atom stereocenters. The van der Waals surface area contributed by atoms with Gasteiger partial charge in [-0.2, -0.15) is 0 Å². The molecule has 3 rings (SSSR count). The molecule has 0 atom stereocenters. The molecule has 154 valence electrons. The molecule has 1 aliphatic heterocycles. The van der Waals surface area contributed by atoms with Crippen LogP contribution in [-0.2, 0) is 16.0 Å². The van der Waals surface area contributed by atoms with E-state index in [1.54, 1.807) is 7.11 Å². The van der Waals surface area contributed by atoms with Crippen LogP contribution in [0.4, 0.5) is 5.69 Å². The number of likely N-dealkylation sites (tertiary alicyclic amines) is 1. The van der Waals surface area contributed by atoms with E-state index in [-0.39, 0.29) is 17.9 Å². The molecule has 29 heavy (non-hydrogen) atoms. The van der Waals surface area contributed by atoms with E-state index in [1.165, 1.54) is 0 Å². The number of ether oxygens (including phenoxy) is 1. The number of anilines is 1. The highest BCUT2D eigenvalue weighted by Crippen LogP contribution is 2.19. The van der Waals surface area contributed by atoms with Crippen molar-refractivity contribution in [3.05, 3.63) is 59.7 Å². The summed E-state index contributed by atoms with van der Waals surface area (Å²) in [6.07, 6.45) is 2.04. The lowest BCUT2D eigenvalue weighted by molar-refractivity contribution is -0.122. The highest BCUT2D eigenvalue weighted by Gasteiger charge is 2.22. The van der Waals surface area contributed by atoms with E-state index in [0.29, 0.717) is 13.0 Å². The Bertz CT molecular complexity index is 831. The number of hydrogen-bond acceptors (Lipinski definition) is 4. The van der Waals surface area contributed by atoms with Crippen molar-refractivity contribution in [1.82, 2.24) is 10.2 Å². The number of benzene rings is 2. The van der Waals surface area contributed by atoms with Gasteiger partial charge in [0.25, 0.3) is 0 Å². The highest BCUT2D eigenvalue weighted by atomic mass is 16.5. The Morgan fingerprint density at radius 3 is 2.48 bits per heavy atom. The van der Waals surface area contributed by atoms with Crippen molar-refractivity contribution in [1.29, 1.82) is 0 Å². The number of hydrogen-bond donors (Lipinski definition) is 2. The number of carbonyl (C=O) groups excluding carboxylic acids is 2. The third-order valence-electron chi connectivity index (χ3n) is 5.21. The van der Waals surface area contributed by atoms with Gasteiger partial charge >= 0.3 is 0 Å². The fourth-order valence-electron chi connectivity index (χ4n) is 3.60. The van der Waals surface area contributed by atoms with Gasteiger partial charge in [0.1, 0.15) is 5.75 Å². The summed E-state index contributed by atoms with van der Waals surface area (Å²) in [4.78, 5) is 26.7. The number of piperidine rings is 1. The van der Waals surface area contributed by atoms with Crippen LogP contribution in [0.3, 0.4) is 0 Å². The van der Waals surface area contributed by atoms with Gasteiger partial charge in [-0.15, -0.1) is 0 Å². The Hall–Kier alpha value is -2.86. The van der Waals surface area contributed by atoms with Gasteiger partial charge in [-0.1, -0.05) is 30.3 Å². The largest absolute Gasteiger partial charge is 0.496 e. The Morgan fingerprint density at radius 2 is 1.79 bits per heavy atom. The van der Waals surface area contributed by atoms with Gasteiger partial charge < -0.3 is 15.4 Å². The first-order valence-corrected chi connectivity index (χ1v) is 10.0. The van der Waals surface area contributed by atoms with Crippen molar-refractivity contribution in [3.63, 3.8) is 0 Å². The predicted molar refractivity (Wildman–Crippen MR) is 114 cm³/mol. The number of nitrogens with one attached hydrogen (secondary N) is 2. The van der Waals surface area contributed by atoms with Crippen molar-refractivity contribution in [3.8, 4) is 5.75 Å². The summed E-state index contributed by atoms with van der Waals surface area (Å²) < 4.78 is 5.33. The van der Waals surface area contributed by atoms with Crippen LogP contribution in [0.25, 0.3) is 0 Å². The van der Waals surface area contributed by atoms with Crippen molar-refractivity contribution in [2.75, 3.05) is 32.1 Å². The van der Waals surface area contributed by atoms with Crippen molar-refractivity contribution in [2.24, 2.45) is 0 Å². The minimum absolute atomic E-state index is 0.00740. The molecule has 0 aromatic heterocycles. The average molecular weight is 396 g/mol. The molecule has 2 aromatic carbocycles. The second-order valence-electron chi connectivity index (χ2n) is 7.51. The molecule has 2 amide bonds. The zero-order valence-corrected chi connectivity index (χ0v) is 17.1. The molecule has 6 nitrogen and oxygen atoms in total. The number of amides is 2. The highest BCUT2D eigenvalue weighted by molar-refractivity contribution is 5.92. The van der Waals surface area contributed by atoms with Gasteiger partial charge in [0.05, 0.1) is 20.1 Å². The number of para-hydroxylation sites is 1. The maximum atomic E-state index is 12.4. The Kier molecular flexibility index (Phi) is 7.25. The molecule has 0 bridgehead atoms. The first-order valence-electron chi connectivity index (χ1n) is 10.0. The molecule has 0 spiro atoms. The molecule has 1 aliphatic rings. The molecule has 2 N–H and O–H groups in total. The minimum atomic E-state index is -0.00740. The monoisotopic (exact) mass is 395 g/mol. The van der Waals surface area contributed by atoms with E-state index in [1.807, 2.05) is 55.5 Å². The average Bonchev–Trinajstić information content (AvgIpc) is 2.71. The lowest BCUT2D eigenvalue weighted by atomic mass is 10.0. The Balaban J connectivity index is 1.40.